The van der Waals surface area contributed by atoms with Gasteiger partial charge in [-0.05, 0) is 54.3 Å². The van der Waals surface area contributed by atoms with Crippen molar-refractivity contribution in [1.29, 1.82) is 0 Å². The highest BCUT2D eigenvalue weighted by atomic mass is 16.5. The maximum Gasteiger partial charge on any atom is 0.322 e. The van der Waals surface area contributed by atoms with Crippen LogP contribution in [0.2, 0.25) is 0 Å². The van der Waals surface area contributed by atoms with Gasteiger partial charge in [0.05, 0.1) is 13.7 Å². The molecule has 4 amide bonds. The van der Waals surface area contributed by atoms with Crippen LogP contribution < -0.4 is 20.7 Å². The van der Waals surface area contributed by atoms with Gasteiger partial charge >= 0.3 is 6.03 Å². The predicted molar refractivity (Wildman–Crippen MR) is 136 cm³/mol. The second-order valence-corrected chi connectivity index (χ2v) is 10.2. The van der Waals surface area contributed by atoms with Crippen molar-refractivity contribution < 1.29 is 23.5 Å². The standard InChI is InChI=1S/C28H30N4O5/c1-36-21-9-8-18-15-32(25(33)22(18)13-21)16-28(26(34)30-27(35)31-28)24-12-19-11-17(7-10-23(19)37-24)14-29-20-5-3-2-4-6-20/h7-13,20,29H,2-6,14-16H2,1H3,(H2,30,31,34,35)/t28-/m0/s1. The molecule has 0 bridgehead atoms. The predicted octanol–water partition coefficient (Wildman–Crippen LogP) is 3.55. The number of carbonyl (C=O) groups is 3. The highest BCUT2D eigenvalue weighted by Crippen LogP contribution is 2.35. The second-order valence-electron chi connectivity index (χ2n) is 10.2. The van der Waals surface area contributed by atoms with E-state index in [1.807, 2.05) is 24.3 Å². The average Bonchev–Trinajstić information content (AvgIpc) is 3.56. The van der Waals surface area contributed by atoms with E-state index in [0.29, 0.717) is 35.2 Å². The summed E-state index contributed by atoms with van der Waals surface area (Å²) in [5.74, 6) is 0.109. The van der Waals surface area contributed by atoms with Crippen molar-refractivity contribution in [2.45, 2.75) is 56.8 Å². The summed E-state index contributed by atoms with van der Waals surface area (Å²) < 4.78 is 11.4. The van der Waals surface area contributed by atoms with Crippen LogP contribution in [0, 0.1) is 0 Å². The Morgan fingerprint density at radius 2 is 1.92 bits per heavy atom. The van der Waals surface area contributed by atoms with Crippen LogP contribution >= 0.6 is 0 Å². The van der Waals surface area contributed by atoms with Gasteiger partial charge in [0.2, 0.25) is 0 Å². The Morgan fingerprint density at radius 3 is 2.68 bits per heavy atom. The number of rotatable bonds is 7. The summed E-state index contributed by atoms with van der Waals surface area (Å²) in [7, 11) is 1.55. The first-order valence-electron chi connectivity index (χ1n) is 12.8. The zero-order valence-corrected chi connectivity index (χ0v) is 20.8. The van der Waals surface area contributed by atoms with Crippen LogP contribution in [0.3, 0.4) is 0 Å². The van der Waals surface area contributed by atoms with Crippen molar-refractivity contribution in [3.05, 3.63) is 64.9 Å². The van der Waals surface area contributed by atoms with Crippen LogP contribution in [-0.2, 0) is 23.4 Å². The summed E-state index contributed by atoms with van der Waals surface area (Å²) in [5, 5.41) is 9.57. The van der Waals surface area contributed by atoms with Gasteiger partial charge in [0.25, 0.3) is 11.8 Å². The molecule has 3 N–H and O–H groups in total. The number of methoxy groups -OCH3 is 1. The van der Waals surface area contributed by atoms with E-state index in [0.717, 1.165) is 23.1 Å². The molecule has 1 aliphatic carbocycles. The minimum Gasteiger partial charge on any atom is -0.497 e. The molecule has 2 fully saturated rings. The number of amides is 4. The van der Waals surface area contributed by atoms with Crippen LogP contribution in [0.1, 0.15) is 59.3 Å². The molecule has 1 saturated heterocycles. The number of carbonyl (C=O) groups excluding carboxylic acids is 3. The fourth-order valence-electron chi connectivity index (χ4n) is 5.72. The van der Waals surface area contributed by atoms with Gasteiger partial charge in [-0.15, -0.1) is 0 Å². The molecule has 3 heterocycles. The molecule has 3 aliphatic rings. The minimum atomic E-state index is -1.53. The first kappa shape index (κ1) is 23.5. The van der Waals surface area contributed by atoms with E-state index in [2.05, 4.69) is 16.0 Å². The summed E-state index contributed by atoms with van der Waals surface area (Å²) in [6.45, 7) is 1.02. The Morgan fingerprint density at radius 1 is 1.08 bits per heavy atom. The first-order valence-corrected chi connectivity index (χ1v) is 12.8. The number of ether oxygens (including phenoxy) is 1. The summed E-state index contributed by atoms with van der Waals surface area (Å²) in [4.78, 5) is 40.2. The lowest BCUT2D eigenvalue weighted by atomic mass is 9.95. The van der Waals surface area contributed by atoms with Gasteiger partial charge in [-0.25, -0.2) is 4.79 Å². The topological polar surface area (TPSA) is 113 Å². The van der Waals surface area contributed by atoms with Crippen molar-refractivity contribution in [3.63, 3.8) is 0 Å². The molecule has 6 rings (SSSR count). The number of nitrogens with zero attached hydrogens (tertiary/aromatic N) is 1. The van der Waals surface area contributed by atoms with E-state index < -0.39 is 17.5 Å². The van der Waals surface area contributed by atoms with E-state index in [-0.39, 0.29) is 12.5 Å². The molecule has 0 unspecified atom stereocenters. The fraction of sp³-hybridized carbons (Fsp3) is 0.393. The summed E-state index contributed by atoms with van der Waals surface area (Å²) in [6.07, 6.45) is 6.28. The molecular formula is C28H30N4O5. The molecule has 0 radical (unpaired) electrons. The number of hydrogen-bond acceptors (Lipinski definition) is 6. The van der Waals surface area contributed by atoms with Crippen molar-refractivity contribution in [3.8, 4) is 5.75 Å². The summed E-state index contributed by atoms with van der Waals surface area (Å²) in [5.41, 5.74) is 1.58. The van der Waals surface area contributed by atoms with Gasteiger partial charge in [-0.2, -0.15) is 0 Å². The quantitative estimate of drug-likeness (QED) is 0.426. The number of imide groups is 1. The van der Waals surface area contributed by atoms with Gasteiger partial charge in [0.15, 0.2) is 5.54 Å². The number of urea groups is 1. The molecule has 2 aromatic carbocycles. The summed E-state index contributed by atoms with van der Waals surface area (Å²) >= 11 is 0. The number of furan rings is 1. The van der Waals surface area contributed by atoms with E-state index in [1.54, 1.807) is 30.2 Å². The Kier molecular flexibility index (Phi) is 5.87. The number of fused-ring (bicyclic) bond motifs is 2. The highest BCUT2D eigenvalue weighted by Gasteiger charge is 2.53. The lowest BCUT2D eigenvalue weighted by molar-refractivity contribution is -0.125. The maximum absolute atomic E-state index is 13.2. The zero-order valence-electron chi connectivity index (χ0n) is 20.8. The fourth-order valence-corrected chi connectivity index (χ4v) is 5.72. The SMILES string of the molecule is COc1ccc2c(c1)C(=O)N(C[C@@]1(c3cc4cc(CNC5CCCCC5)ccc4o3)NC(=O)NC1=O)C2. The number of hydrogen-bond donors (Lipinski definition) is 3. The number of benzene rings is 2. The molecule has 1 saturated carbocycles. The van der Waals surface area contributed by atoms with Crippen LogP contribution in [0.25, 0.3) is 11.0 Å². The van der Waals surface area contributed by atoms with Crippen molar-refractivity contribution in [1.82, 2.24) is 20.9 Å². The Bertz CT molecular complexity index is 1390. The molecule has 192 valence electrons. The van der Waals surface area contributed by atoms with Gasteiger partial charge in [0, 0.05) is 30.1 Å². The third-order valence-electron chi connectivity index (χ3n) is 7.77. The van der Waals surface area contributed by atoms with Crippen LogP contribution in [0.15, 0.2) is 46.9 Å². The number of nitrogens with one attached hydrogen (secondary N) is 3. The zero-order chi connectivity index (χ0) is 25.6. The monoisotopic (exact) mass is 502 g/mol. The van der Waals surface area contributed by atoms with Crippen molar-refractivity contribution >= 4 is 28.8 Å². The van der Waals surface area contributed by atoms with E-state index >= 15 is 0 Å². The Labute approximate surface area is 214 Å². The maximum atomic E-state index is 13.2. The molecule has 9 heteroatoms. The van der Waals surface area contributed by atoms with Crippen LogP contribution in [0.5, 0.6) is 5.75 Å². The lowest BCUT2D eigenvalue weighted by Gasteiger charge is -2.29. The molecule has 1 aromatic heterocycles. The second kappa shape index (κ2) is 9.23. The molecule has 0 spiro atoms. The van der Waals surface area contributed by atoms with E-state index in [4.69, 9.17) is 9.15 Å². The molecule has 37 heavy (non-hydrogen) atoms. The largest absolute Gasteiger partial charge is 0.497 e. The van der Waals surface area contributed by atoms with Crippen molar-refractivity contribution in [2.24, 2.45) is 0 Å². The van der Waals surface area contributed by atoms with Gasteiger partial charge < -0.3 is 24.7 Å². The minimum absolute atomic E-state index is 0.0592. The molecule has 3 aromatic rings. The normalized spacial score (nSPS) is 21.9. The third-order valence-corrected chi connectivity index (χ3v) is 7.77. The third kappa shape index (κ3) is 4.23. The van der Waals surface area contributed by atoms with E-state index in [1.165, 1.54) is 32.1 Å². The van der Waals surface area contributed by atoms with E-state index in [9.17, 15) is 14.4 Å². The Balaban J connectivity index is 1.27. The van der Waals surface area contributed by atoms with Crippen LogP contribution in [-0.4, -0.2) is 42.4 Å². The summed E-state index contributed by atoms with van der Waals surface area (Å²) in [6, 6.07) is 13.0. The van der Waals surface area contributed by atoms with Gasteiger partial charge in [-0.3, -0.25) is 14.9 Å². The van der Waals surface area contributed by atoms with Gasteiger partial charge in [0.1, 0.15) is 17.1 Å². The molecule has 9 nitrogen and oxygen atoms in total. The van der Waals surface area contributed by atoms with Gasteiger partial charge in [-0.1, -0.05) is 31.4 Å². The molecule has 2 aliphatic heterocycles. The average molecular weight is 503 g/mol. The Hall–Kier alpha value is -3.85. The first-order chi connectivity index (χ1) is 17.9. The van der Waals surface area contributed by atoms with Crippen molar-refractivity contribution in [2.75, 3.05) is 13.7 Å². The van der Waals surface area contributed by atoms with Crippen LogP contribution in [0.4, 0.5) is 4.79 Å². The highest BCUT2D eigenvalue weighted by molar-refractivity contribution is 6.08. The lowest BCUT2D eigenvalue weighted by Crippen LogP contribution is -2.52. The smallest absolute Gasteiger partial charge is 0.322 e. The molecule has 1 atom stereocenters. The molecular weight excluding hydrogens is 472 g/mol.